The van der Waals surface area contributed by atoms with Crippen LogP contribution in [0.5, 0.6) is 5.75 Å². The molecule has 0 N–H and O–H groups in total. The molecule has 0 heterocycles. The summed E-state index contributed by atoms with van der Waals surface area (Å²) in [5, 5.41) is 0. The van der Waals surface area contributed by atoms with Gasteiger partial charge in [-0.25, -0.2) is 4.79 Å². The Bertz CT molecular complexity index is 612. The van der Waals surface area contributed by atoms with Gasteiger partial charge in [0.1, 0.15) is 11.4 Å². The molecule has 152 valence electrons. The van der Waals surface area contributed by atoms with Gasteiger partial charge >= 0.3 is 5.97 Å². The number of benzene rings is 1. The van der Waals surface area contributed by atoms with Crippen LogP contribution in [0.15, 0.2) is 24.3 Å². The number of hydrogen-bond donors (Lipinski definition) is 0. The Morgan fingerprint density at radius 3 is 2.44 bits per heavy atom. The largest absolute Gasteiger partial charge is 0.482 e. The lowest BCUT2D eigenvalue weighted by atomic mass is 9.74. The van der Waals surface area contributed by atoms with E-state index in [0.717, 1.165) is 25.0 Å². The molecular formula is C24H38O3. The van der Waals surface area contributed by atoms with E-state index in [-0.39, 0.29) is 18.0 Å². The first-order valence-electron chi connectivity index (χ1n) is 10.6. The number of hydrogen-bond acceptors (Lipinski definition) is 3. The highest BCUT2D eigenvalue weighted by molar-refractivity contribution is 5.71. The van der Waals surface area contributed by atoms with Gasteiger partial charge in [0.2, 0.25) is 0 Å². The second kappa shape index (κ2) is 9.12. The number of carbonyl (C=O) groups is 1. The normalized spacial score (nSPS) is 17.4. The van der Waals surface area contributed by atoms with Crippen LogP contribution in [0, 0.1) is 11.3 Å². The Morgan fingerprint density at radius 2 is 1.81 bits per heavy atom. The monoisotopic (exact) mass is 374 g/mol. The molecule has 0 aliphatic heterocycles. The van der Waals surface area contributed by atoms with Gasteiger partial charge in [-0.15, -0.1) is 0 Å². The van der Waals surface area contributed by atoms with Crippen molar-refractivity contribution in [3.8, 4) is 5.75 Å². The van der Waals surface area contributed by atoms with Crippen LogP contribution in [0.1, 0.15) is 91.5 Å². The van der Waals surface area contributed by atoms with Gasteiger partial charge in [-0.05, 0) is 61.6 Å². The zero-order chi connectivity index (χ0) is 20.1. The van der Waals surface area contributed by atoms with Crippen molar-refractivity contribution >= 4 is 5.97 Å². The standard InChI is InChI=1S/C24H38O3/c1-7-23(3,4)18(2)19-12-11-15-21(16-19)26-17-22(25)27-24(5,6)20-13-9-8-10-14-20/h11-12,15-16,18,20H,7-10,13-14,17H2,1-6H3. The number of rotatable bonds is 8. The lowest BCUT2D eigenvalue weighted by Gasteiger charge is -2.36. The molecule has 1 unspecified atom stereocenters. The summed E-state index contributed by atoms with van der Waals surface area (Å²) >= 11 is 0. The van der Waals surface area contributed by atoms with Gasteiger partial charge in [-0.1, -0.05) is 65.5 Å². The Kier molecular flexibility index (Phi) is 7.36. The molecule has 0 aromatic heterocycles. The molecule has 2 rings (SSSR count). The quantitative estimate of drug-likeness (QED) is 0.487. The highest BCUT2D eigenvalue weighted by Gasteiger charge is 2.34. The minimum absolute atomic E-state index is 0.0366. The zero-order valence-corrected chi connectivity index (χ0v) is 18.1. The number of carbonyl (C=O) groups excluding carboxylic acids is 1. The van der Waals surface area contributed by atoms with Gasteiger partial charge in [0, 0.05) is 0 Å². The third-order valence-corrected chi connectivity index (χ3v) is 6.76. The second-order valence-corrected chi connectivity index (χ2v) is 9.34. The predicted octanol–water partition coefficient (Wildman–Crippen LogP) is 6.51. The van der Waals surface area contributed by atoms with E-state index < -0.39 is 5.60 Å². The van der Waals surface area contributed by atoms with Crippen LogP contribution >= 0.6 is 0 Å². The average Bonchev–Trinajstić information content (AvgIpc) is 2.66. The lowest BCUT2D eigenvalue weighted by Crippen LogP contribution is -2.39. The van der Waals surface area contributed by atoms with E-state index in [4.69, 9.17) is 9.47 Å². The van der Waals surface area contributed by atoms with Crippen LogP contribution in [0.2, 0.25) is 0 Å². The Hall–Kier alpha value is -1.51. The van der Waals surface area contributed by atoms with E-state index in [0.29, 0.717) is 11.8 Å². The van der Waals surface area contributed by atoms with Crippen LogP contribution in [-0.4, -0.2) is 18.2 Å². The molecule has 27 heavy (non-hydrogen) atoms. The van der Waals surface area contributed by atoms with Gasteiger partial charge in [-0.3, -0.25) is 0 Å². The third-order valence-electron chi connectivity index (χ3n) is 6.76. The fourth-order valence-corrected chi connectivity index (χ4v) is 3.98. The number of ether oxygens (including phenoxy) is 2. The minimum atomic E-state index is -0.414. The Balaban J connectivity index is 1.92. The molecule has 1 aliphatic rings. The van der Waals surface area contributed by atoms with Crippen molar-refractivity contribution in [3.63, 3.8) is 0 Å². The van der Waals surface area contributed by atoms with Crippen molar-refractivity contribution in [3.05, 3.63) is 29.8 Å². The molecule has 0 saturated heterocycles. The summed E-state index contributed by atoms with van der Waals surface area (Å²) in [5.41, 5.74) is 1.06. The molecule has 1 saturated carbocycles. The summed E-state index contributed by atoms with van der Waals surface area (Å²) in [5.74, 6) is 1.33. The van der Waals surface area contributed by atoms with Crippen molar-refractivity contribution in [1.29, 1.82) is 0 Å². The Labute approximate surface area is 165 Å². The molecular weight excluding hydrogens is 336 g/mol. The zero-order valence-electron chi connectivity index (χ0n) is 18.1. The maximum atomic E-state index is 12.4. The first-order valence-corrected chi connectivity index (χ1v) is 10.6. The van der Waals surface area contributed by atoms with E-state index in [1.807, 2.05) is 26.0 Å². The van der Waals surface area contributed by atoms with Crippen LogP contribution in [0.4, 0.5) is 0 Å². The molecule has 1 aliphatic carbocycles. The van der Waals surface area contributed by atoms with E-state index in [1.165, 1.54) is 24.8 Å². The molecule has 1 atom stereocenters. The topological polar surface area (TPSA) is 35.5 Å². The van der Waals surface area contributed by atoms with Crippen LogP contribution < -0.4 is 4.74 Å². The smallest absolute Gasteiger partial charge is 0.344 e. The fraction of sp³-hybridized carbons (Fsp3) is 0.708. The predicted molar refractivity (Wildman–Crippen MR) is 111 cm³/mol. The highest BCUT2D eigenvalue weighted by Crippen LogP contribution is 2.39. The molecule has 1 fully saturated rings. The summed E-state index contributed by atoms with van der Waals surface area (Å²) in [6, 6.07) is 8.11. The summed E-state index contributed by atoms with van der Waals surface area (Å²) in [7, 11) is 0. The van der Waals surface area contributed by atoms with Crippen molar-refractivity contribution in [1.82, 2.24) is 0 Å². The van der Waals surface area contributed by atoms with Gasteiger partial charge in [0.25, 0.3) is 0 Å². The van der Waals surface area contributed by atoms with Crippen molar-refractivity contribution in [2.45, 2.75) is 91.6 Å². The van der Waals surface area contributed by atoms with Gasteiger partial charge < -0.3 is 9.47 Å². The first-order chi connectivity index (χ1) is 12.7. The van der Waals surface area contributed by atoms with Crippen LogP contribution in [0.3, 0.4) is 0 Å². The number of esters is 1. The molecule has 0 bridgehead atoms. The average molecular weight is 375 g/mol. The highest BCUT2D eigenvalue weighted by atomic mass is 16.6. The van der Waals surface area contributed by atoms with Crippen LogP contribution in [0.25, 0.3) is 0 Å². The lowest BCUT2D eigenvalue weighted by molar-refractivity contribution is -0.165. The molecule has 1 aromatic rings. The molecule has 1 aromatic carbocycles. The van der Waals surface area contributed by atoms with E-state index in [2.05, 4.69) is 39.8 Å². The van der Waals surface area contributed by atoms with Gasteiger partial charge in [-0.2, -0.15) is 0 Å². The van der Waals surface area contributed by atoms with E-state index in [1.54, 1.807) is 0 Å². The molecule has 3 heteroatoms. The molecule has 0 amide bonds. The third kappa shape index (κ3) is 5.99. The van der Waals surface area contributed by atoms with E-state index in [9.17, 15) is 4.79 Å². The maximum absolute atomic E-state index is 12.4. The first kappa shape index (κ1) is 21.8. The summed E-state index contributed by atoms with van der Waals surface area (Å²) in [4.78, 5) is 12.4. The molecule has 0 radical (unpaired) electrons. The molecule has 0 spiro atoms. The summed E-state index contributed by atoms with van der Waals surface area (Å²) in [6.45, 7) is 13.1. The van der Waals surface area contributed by atoms with Gasteiger partial charge in [0.15, 0.2) is 6.61 Å². The second-order valence-electron chi connectivity index (χ2n) is 9.34. The fourth-order valence-electron chi connectivity index (χ4n) is 3.98. The molecule has 3 nitrogen and oxygen atoms in total. The van der Waals surface area contributed by atoms with Crippen molar-refractivity contribution < 1.29 is 14.3 Å². The van der Waals surface area contributed by atoms with Crippen molar-refractivity contribution in [2.24, 2.45) is 11.3 Å². The summed E-state index contributed by atoms with van der Waals surface area (Å²) in [6.07, 6.45) is 7.18. The minimum Gasteiger partial charge on any atom is -0.482 e. The van der Waals surface area contributed by atoms with Gasteiger partial charge in [0.05, 0.1) is 0 Å². The SMILES string of the molecule is CCC(C)(C)C(C)c1cccc(OCC(=O)OC(C)(C)C2CCCCC2)c1. The maximum Gasteiger partial charge on any atom is 0.344 e. The van der Waals surface area contributed by atoms with Crippen LogP contribution in [-0.2, 0) is 9.53 Å². The van der Waals surface area contributed by atoms with E-state index >= 15 is 0 Å². The van der Waals surface area contributed by atoms with Crippen molar-refractivity contribution in [2.75, 3.05) is 6.61 Å². The Morgan fingerprint density at radius 1 is 1.15 bits per heavy atom. The summed E-state index contributed by atoms with van der Waals surface area (Å²) < 4.78 is 11.5.